The van der Waals surface area contributed by atoms with Crippen molar-refractivity contribution in [2.24, 2.45) is 5.92 Å². The van der Waals surface area contributed by atoms with E-state index in [0.717, 1.165) is 6.08 Å². The van der Waals surface area contributed by atoms with Crippen molar-refractivity contribution in [2.45, 2.75) is 45.0 Å². The minimum atomic E-state index is -1.52. The first-order chi connectivity index (χ1) is 12.3. The molecular weight excluding hydrogens is 336 g/mol. The van der Waals surface area contributed by atoms with Crippen molar-refractivity contribution in [2.75, 3.05) is 0 Å². The molecule has 1 aliphatic rings. The van der Waals surface area contributed by atoms with Gasteiger partial charge < -0.3 is 20.1 Å². The molecule has 4 atom stereocenters. The van der Waals surface area contributed by atoms with Gasteiger partial charge in [0.15, 0.2) is 5.78 Å². The van der Waals surface area contributed by atoms with Gasteiger partial charge in [-0.1, -0.05) is 43.9 Å². The van der Waals surface area contributed by atoms with Crippen LogP contribution >= 0.6 is 0 Å². The maximum Gasteiger partial charge on any atom is 0.338 e. The Hall–Kier alpha value is -2.44. The summed E-state index contributed by atoms with van der Waals surface area (Å²) >= 11 is 0. The standard InChI is InChI=1S/C20H26O6/c1-4-5-10-15(21)18-13(2)8-6-11-16(22)19(24)17(23)12-7-9-14(3)26-20(18)25/h4-8,10,12-14,16,19,21-22,24H,1,9,11H2,2-3H3/b8-6+,10-5-,12-7-,18-15-. The predicted molar refractivity (Wildman–Crippen MR) is 98.2 cm³/mol. The van der Waals surface area contributed by atoms with Crippen molar-refractivity contribution in [3.05, 3.63) is 60.4 Å². The number of allylic oxidation sites excluding steroid dienone is 4. The number of rotatable bonds is 2. The quantitative estimate of drug-likeness (QED) is 0.229. The molecule has 6 heteroatoms. The highest BCUT2D eigenvalue weighted by Gasteiger charge is 2.24. The van der Waals surface area contributed by atoms with E-state index in [1.165, 1.54) is 24.3 Å². The van der Waals surface area contributed by atoms with E-state index in [1.54, 1.807) is 26.0 Å². The molecule has 0 aromatic heterocycles. The lowest BCUT2D eigenvalue weighted by molar-refractivity contribution is -0.143. The average Bonchev–Trinajstić information content (AvgIpc) is 2.58. The van der Waals surface area contributed by atoms with Crippen LogP contribution in [0.25, 0.3) is 0 Å². The molecule has 0 amide bonds. The van der Waals surface area contributed by atoms with Crippen LogP contribution in [0.3, 0.4) is 0 Å². The zero-order valence-electron chi connectivity index (χ0n) is 15.0. The van der Waals surface area contributed by atoms with Gasteiger partial charge >= 0.3 is 5.97 Å². The second-order valence-electron chi connectivity index (χ2n) is 6.11. The van der Waals surface area contributed by atoms with Gasteiger partial charge in [0.2, 0.25) is 0 Å². The minimum Gasteiger partial charge on any atom is -0.507 e. The summed E-state index contributed by atoms with van der Waals surface area (Å²) in [5.74, 6) is -2.03. The zero-order valence-corrected chi connectivity index (χ0v) is 15.0. The molecular formula is C20H26O6. The molecule has 0 aliphatic carbocycles. The summed E-state index contributed by atoms with van der Waals surface area (Å²) in [5, 5.41) is 30.0. The lowest BCUT2D eigenvalue weighted by Gasteiger charge is -2.18. The Kier molecular flexibility index (Phi) is 8.75. The third-order valence-corrected chi connectivity index (χ3v) is 3.86. The first-order valence-electron chi connectivity index (χ1n) is 8.44. The van der Waals surface area contributed by atoms with E-state index in [2.05, 4.69) is 6.58 Å². The number of ether oxygens (including phenoxy) is 1. The number of aliphatic hydroxyl groups excluding tert-OH is 3. The fourth-order valence-electron chi connectivity index (χ4n) is 2.38. The summed E-state index contributed by atoms with van der Waals surface area (Å²) in [5.41, 5.74) is 0.0679. The maximum absolute atomic E-state index is 12.5. The highest BCUT2D eigenvalue weighted by Crippen LogP contribution is 2.21. The molecule has 0 saturated carbocycles. The molecule has 1 aliphatic heterocycles. The second kappa shape index (κ2) is 10.5. The van der Waals surface area contributed by atoms with E-state index in [9.17, 15) is 24.9 Å². The van der Waals surface area contributed by atoms with Gasteiger partial charge in [0.1, 0.15) is 18.0 Å². The van der Waals surface area contributed by atoms with Crippen molar-refractivity contribution >= 4 is 11.8 Å². The number of hydrogen-bond acceptors (Lipinski definition) is 6. The Morgan fingerprint density at radius 1 is 1.23 bits per heavy atom. The van der Waals surface area contributed by atoms with E-state index in [1.807, 2.05) is 0 Å². The molecule has 142 valence electrons. The van der Waals surface area contributed by atoms with Gasteiger partial charge in [-0.05, 0) is 25.5 Å². The van der Waals surface area contributed by atoms with Crippen LogP contribution in [-0.2, 0) is 14.3 Å². The van der Waals surface area contributed by atoms with E-state index < -0.39 is 36.0 Å². The SMILES string of the molecule is C=C/C=C\C(O)=C1\C(=O)OC(C)C/C=C\C(=O)C(O)C(O)C/C=C/C1C. The highest BCUT2D eigenvalue weighted by atomic mass is 16.5. The van der Waals surface area contributed by atoms with Gasteiger partial charge in [0, 0.05) is 12.3 Å². The van der Waals surface area contributed by atoms with E-state index in [-0.39, 0.29) is 24.2 Å². The first kappa shape index (κ1) is 21.6. The Morgan fingerprint density at radius 3 is 2.58 bits per heavy atom. The molecule has 4 unspecified atom stereocenters. The second-order valence-corrected chi connectivity index (χ2v) is 6.11. The van der Waals surface area contributed by atoms with Crippen molar-refractivity contribution in [3.8, 4) is 0 Å². The molecule has 0 radical (unpaired) electrons. The van der Waals surface area contributed by atoms with Gasteiger partial charge in [-0.2, -0.15) is 0 Å². The predicted octanol–water partition coefficient (Wildman–Crippen LogP) is 2.31. The Balaban J connectivity index is 3.22. The summed E-state index contributed by atoms with van der Waals surface area (Å²) in [7, 11) is 0. The normalized spacial score (nSPS) is 33.2. The smallest absolute Gasteiger partial charge is 0.338 e. The number of cyclic esters (lactones) is 1. The van der Waals surface area contributed by atoms with Gasteiger partial charge in [-0.25, -0.2) is 4.79 Å². The number of aliphatic hydroxyl groups is 3. The molecule has 6 nitrogen and oxygen atoms in total. The van der Waals surface area contributed by atoms with E-state index >= 15 is 0 Å². The number of carbonyl (C=O) groups is 2. The Labute approximate surface area is 153 Å². The van der Waals surface area contributed by atoms with E-state index in [0.29, 0.717) is 0 Å². The topological polar surface area (TPSA) is 104 Å². The molecule has 0 aromatic carbocycles. The molecule has 26 heavy (non-hydrogen) atoms. The average molecular weight is 362 g/mol. The molecule has 0 bridgehead atoms. The van der Waals surface area contributed by atoms with Crippen LogP contribution in [0, 0.1) is 5.92 Å². The Morgan fingerprint density at radius 2 is 1.92 bits per heavy atom. The first-order valence-corrected chi connectivity index (χ1v) is 8.44. The van der Waals surface area contributed by atoms with Crippen LogP contribution < -0.4 is 0 Å². The third-order valence-electron chi connectivity index (χ3n) is 3.86. The summed E-state index contributed by atoms with van der Waals surface area (Å²) in [6, 6.07) is 0. The van der Waals surface area contributed by atoms with Crippen LogP contribution in [0.4, 0.5) is 0 Å². The summed E-state index contributed by atoms with van der Waals surface area (Å²) in [4.78, 5) is 24.3. The lowest BCUT2D eigenvalue weighted by atomic mass is 9.97. The molecule has 0 spiro atoms. The van der Waals surface area contributed by atoms with Crippen LogP contribution in [0.5, 0.6) is 0 Å². The number of esters is 1. The number of ketones is 1. The highest BCUT2D eigenvalue weighted by molar-refractivity contribution is 5.93. The van der Waals surface area contributed by atoms with Gasteiger partial charge in [-0.3, -0.25) is 4.79 Å². The number of hydrogen-bond donors (Lipinski definition) is 3. The van der Waals surface area contributed by atoms with Crippen molar-refractivity contribution < 1.29 is 29.6 Å². The van der Waals surface area contributed by atoms with Gasteiger partial charge in [0.25, 0.3) is 0 Å². The van der Waals surface area contributed by atoms with Crippen LogP contribution in [-0.4, -0.2) is 45.4 Å². The monoisotopic (exact) mass is 362 g/mol. The molecule has 1 rings (SSSR count). The summed E-state index contributed by atoms with van der Waals surface area (Å²) in [6.07, 6.45) is 7.04. The Bertz CT molecular complexity index is 641. The largest absolute Gasteiger partial charge is 0.507 e. The van der Waals surface area contributed by atoms with Crippen LogP contribution in [0.15, 0.2) is 60.4 Å². The fourth-order valence-corrected chi connectivity index (χ4v) is 2.38. The van der Waals surface area contributed by atoms with Crippen molar-refractivity contribution in [1.82, 2.24) is 0 Å². The zero-order chi connectivity index (χ0) is 19.7. The van der Waals surface area contributed by atoms with Crippen molar-refractivity contribution in [3.63, 3.8) is 0 Å². The van der Waals surface area contributed by atoms with Gasteiger partial charge in [0.05, 0.1) is 11.7 Å². The summed E-state index contributed by atoms with van der Waals surface area (Å²) in [6.45, 7) is 6.86. The maximum atomic E-state index is 12.5. The molecule has 0 fully saturated rings. The fraction of sp³-hybridized carbons (Fsp3) is 0.400. The van der Waals surface area contributed by atoms with Crippen LogP contribution in [0.2, 0.25) is 0 Å². The third kappa shape index (κ3) is 6.46. The lowest BCUT2D eigenvalue weighted by Crippen LogP contribution is -2.32. The molecule has 0 aromatic rings. The number of carbonyl (C=O) groups excluding carboxylic acids is 2. The molecule has 3 N–H and O–H groups in total. The van der Waals surface area contributed by atoms with Crippen LogP contribution in [0.1, 0.15) is 26.7 Å². The molecule has 0 saturated heterocycles. The van der Waals surface area contributed by atoms with Crippen molar-refractivity contribution in [1.29, 1.82) is 0 Å². The van der Waals surface area contributed by atoms with E-state index in [4.69, 9.17) is 4.74 Å². The minimum absolute atomic E-state index is 0.0209. The van der Waals surface area contributed by atoms with Gasteiger partial charge in [-0.15, -0.1) is 0 Å². The molecule has 1 heterocycles. The summed E-state index contributed by atoms with van der Waals surface area (Å²) < 4.78 is 5.34.